The largest absolute Gasteiger partial charge is 0.416 e. The zero-order chi connectivity index (χ0) is 26.0. The predicted octanol–water partition coefficient (Wildman–Crippen LogP) is 8.69. The maximum absolute atomic E-state index is 12.2. The van der Waals surface area contributed by atoms with E-state index in [9.17, 15) is 13.2 Å². The molecule has 2 aromatic carbocycles. The molecule has 2 nitrogen and oxygen atoms in total. The lowest BCUT2D eigenvalue weighted by Crippen LogP contribution is -2.19. The fourth-order valence-electron chi connectivity index (χ4n) is 3.76. The molecule has 0 bridgehead atoms. The highest BCUT2D eigenvalue weighted by Gasteiger charge is 2.32. The first-order valence-corrected chi connectivity index (χ1v) is 12.9. The minimum absolute atomic E-state index is 0.352. The van der Waals surface area contributed by atoms with Crippen molar-refractivity contribution < 1.29 is 13.2 Å². The fourth-order valence-corrected chi connectivity index (χ4v) is 4.98. The number of likely N-dealkylation sites (tertiary alicyclic amines) is 1. The normalized spacial score (nSPS) is 15.5. The molecular formula is C28H32ClF3N2S. The summed E-state index contributed by atoms with van der Waals surface area (Å²) in [7, 11) is 0. The second-order valence-corrected chi connectivity index (χ2v) is 10.2. The minimum Gasteiger partial charge on any atom is -0.298 e. The molecule has 1 aliphatic rings. The van der Waals surface area contributed by atoms with E-state index in [-0.39, 0.29) is 0 Å². The summed E-state index contributed by atoms with van der Waals surface area (Å²) < 4.78 is 36.7. The predicted molar refractivity (Wildman–Crippen MR) is 140 cm³/mol. The molecule has 0 saturated carbocycles. The van der Waals surface area contributed by atoms with Gasteiger partial charge in [0.15, 0.2) is 0 Å². The first-order valence-electron chi connectivity index (χ1n) is 11.6. The van der Waals surface area contributed by atoms with Crippen LogP contribution in [-0.4, -0.2) is 18.0 Å². The summed E-state index contributed by atoms with van der Waals surface area (Å²) in [5.74, 6) is 0.903. The van der Waals surface area contributed by atoms with Gasteiger partial charge >= 0.3 is 6.18 Å². The zero-order valence-corrected chi connectivity index (χ0v) is 22.2. The molecule has 1 aromatic heterocycles. The molecule has 3 aromatic rings. The van der Waals surface area contributed by atoms with E-state index in [0.717, 1.165) is 17.5 Å². The van der Waals surface area contributed by atoms with E-state index in [0.29, 0.717) is 22.6 Å². The molecule has 1 aliphatic heterocycles. The van der Waals surface area contributed by atoms with Gasteiger partial charge in [-0.2, -0.15) is 18.4 Å². The molecule has 0 aliphatic carbocycles. The molecule has 188 valence electrons. The molecule has 7 heteroatoms. The molecule has 0 amide bonds. The average Bonchev–Trinajstić information content (AvgIpc) is 3.42. The molecule has 1 fully saturated rings. The van der Waals surface area contributed by atoms with E-state index in [4.69, 9.17) is 16.9 Å². The Hall–Kier alpha value is -2.33. The van der Waals surface area contributed by atoms with Crippen molar-refractivity contribution in [2.75, 3.05) is 13.1 Å². The van der Waals surface area contributed by atoms with Crippen molar-refractivity contribution in [3.8, 4) is 6.07 Å². The van der Waals surface area contributed by atoms with Gasteiger partial charge in [-0.1, -0.05) is 49.7 Å². The van der Waals surface area contributed by atoms with Gasteiger partial charge < -0.3 is 0 Å². The number of nitrogens with zero attached hydrogens (tertiary/aromatic N) is 2. The molecule has 0 spiro atoms. The second-order valence-electron chi connectivity index (χ2n) is 8.76. The van der Waals surface area contributed by atoms with Gasteiger partial charge in [-0.3, -0.25) is 4.90 Å². The van der Waals surface area contributed by atoms with Crippen molar-refractivity contribution >= 4 is 22.9 Å². The van der Waals surface area contributed by atoms with E-state index >= 15 is 0 Å². The van der Waals surface area contributed by atoms with Crippen LogP contribution in [0.3, 0.4) is 0 Å². The standard InChI is InChI=1S/C11H17NS.C9H9F3.C8H6ClN/c1-9-3-5-12(7-9)8-11-10(2)4-6-13-11;1-2-7-5-3-4-6-8(7)9(10,11)12;1-6-2-3-7(5-10)8(9)4-6/h4,6,9H,3,5,7-8H2,1-2H3;3-6H,2H2,1H3;2-4H,1H3/t9-;;/m0../s1. The van der Waals surface area contributed by atoms with Gasteiger partial charge in [0.05, 0.1) is 16.1 Å². The fraction of sp³-hybridized carbons (Fsp3) is 0.393. The Balaban J connectivity index is 0.000000187. The number of alkyl halides is 3. The third-order valence-corrected chi connectivity index (χ3v) is 7.11. The van der Waals surface area contributed by atoms with Gasteiger partial charge in [0.25, 0.3) is 0 Å². The highest BCUT2D eigenvalue weighted by molar-refractivity contribution is 7.10. The number of hydrogen-bond acceptors (Lipinski definition) is 3. The molecule has 1 atom stereocenters. The third-order valence-electron chi connectivity index (χ3n) is 5.79. The Morgan fingerprint density at radius 1 is 1.14 bits per heavy atom. The highest BCUT2D eigenvalue weighted by atomic mass is 35.5. The smallest absolute Gasteiger partial charge is 0.298 e. The van der Waals surface area contributed by atoms with E-state index < -0.39 is 11.7 Å². The lowest BCUT2D eigenvalue weighted by molar-refractivity contribution is -0.138. The van der Waals surface area contributed by atoms with Crippen LogP contribution in [0.1, 0.15) is 53.0 Å². The van der Waals surface area contributed by atoms with E-state index in [2.05, 4.69) is 30.2 Å². The number of benzene rings is 2. The summed E-state index contributed by atoms with van der Waals surface area (Å²) >= 11 is 7.60. The van der Waals surface area contributed by atoms with E-state index in [1.54, 1.807) is 30.0 Å². The van der Waals surface area contributed by atoms with Gasteiger partial charge in [0, 0.05) is 18.0 Å². The molecule has 0 radical (unpaired) electrons. The molecule has 35 heavy (non-hydrogen) atoms. The third kappa shape index (κ3) is 9.33. The lowest BCUT2D eigenvalue weighted by atomic mass is 10.1. The Bertz CT molecular complexity index is 1120. The SMILES string of the molecule is CCc1ccccc1C(F)(F)F.Cc1ccc(C#N)c(Cl)c1.Cc1ccsc1CN1CC[C@H](C)C1. The highest BCUT2D eigenvalue weighted by Crippen LogP contribution is 2.31. The zero-order valence-electron chi connectivity index (χ0n) is 20.6. The van der Waals surface area contributed by atoms with Crippen LogP contribution in [0.2, 0.25) is 5.02 Å². The van der Waals surface area contributed by atoms with Crippen molar-refractivity contribution in [1.29, 1.82) is 5.26 Å². The number of hydrogen-bond donors (Lipinski definition) is 0. The molecule has 0 N–H and O–H groups in total. The summed E-state index contributed by atoms with van der Waals surface area (Å²) in [5.41, 5.74) is 2.90. The maximum atomic E-state index is 12.2. The van der Waals surface area contributed by atoms with Crippen LogP contribution >= 0.6 is 22.9 Å². The topological polar surface area (TPSA) is 27.0 Å². The quantitative estimate of drug-likeness (QED) is 0.345. The number of aryl methyl sites for hydroxylation is 3. The van der Waals surface area contributed by atoms with Crippen LogP contribution < -0.4 is 0 Å². The Kier molecular flexibility index (Phi) is 11.3. The summed E-state index contributed by atoms with van der Waals surface area (Å²) in [4.78, 5) is 4.12. The van der Waals surface area contributed by atoms with Crippen LogP contribution in [0.15, 0.2) is 53.9 Å². The first kappa shape index (κ1) is 28.9. The molecule has 4 rings (SSSR count). The van der Waals surface area contributed by atoms with E-state index in [1.807, 2.05) is 30.4 Å². The summed E-state index contributed by atoms with van der Waals surface area (Å²) in [6.45, 7) is 12.0. The maximum Gasteiger partial charge on any atom is 0.416 e. The van der Waals surface area contributed by atoms with Crippen LogP contribution in [0.25, 0.3) is 0 Å². The number of nitriles is 1. The number of rotatable bonds is 3. The Labute approximate surface area is 216 Å². The van der Waals surface area contributed by atoms with E-state index in [1.165, 1.54) is 43.8 Å². The minimum atomic E-state index is -4.22. The number of halogens is 4. The van der Waals surface area contributed by atoms with Crippen LogP contribution in [0.4, 0.5) is 13.2 Å². The van der Waals surface area contributed by atoms with Crippen LogP contribution in [0.5, 0.6) is 0 Å². The average molecular weight is 521 g/mol. The molecule has 0 unspecified atom stereocenters. The van der Waals surface area contributed by atoms with Gasteiger partial charge in [-0.05, 0) is 85.5 Å². The Morgan fingerprint density at radius 2 is 1.86 bits per heavy atom. The van der Waals surface area contributed by atoms with Gasteiger partial charge in [-0.15, -0.1) is 11.3 Å². The van der Waals surface area contributed by atoms with Crippen molar-refractivity contribution in [3.05, 3.63) is 91.6 Å². The molecule has 2 heterocycles. The van der Waals surface area contributed by atoms with Crippen LogP contribution in [0, 0.1) is 31.1 Å². The molecule has 1 saturated heterocycles. The summed E-state index contributed by atoms with van der Waals surface area (Å²) in [5, 5.41) is 11.2. The molecular weight excluding hydrogens is 489 g/mol. The van der Waals surface area contributed by atoms with Crippen molar-refractivity contribution in [3.63, 3.8) is 0 Å². The number of thiophene rings is 1. The van der Waals surface area contributed by atoms with Crippen molar-refractivity contribution in [2.24, 2.45) is 5.92 Å². The first-order chi connectivity index (χ1) is 16.5. The summed E-state index contributed by atoms with van der Waals surface area (Å²) in [6, 6.07) is 15.2. The lowest BCUT2D eigenvalue weighted by Gasteiger charge is -2.14. The summed E-state index contributed by atoms with van der Waals surface area (Å²) in [6.07, 6.45) is -2.42. The van der Waals surface area contributed by atoms with Gasteiger partial charge in [-0.25, -0.2) is 0 Å². The van der Waals surface area contributed by atoms with Crippen molar-refractivity contribution in [2.45, 2.75) is 53.3 Å². The van der Waals surface area contributed by atoms with Gasteiger partial charge in [0.1, 0.15) is 6.07 Å². The second kappa shape index (κ2) is 13.7. The van der Waals surface area contributed by atoms with Crippen LogP contribution in [-0.2, 0) is 19.1 Å². The van der Waals surface area contributed by atoms with Gasteiger partial charge in [0.2, 0.25) is 0 Å². The monoisotopic (exact) mass is 520 g/mol. The van der Waals surface area contributed by atoms with Crippen molar-refractivity contribution in [1.82, 2.24) is 4.90 Å². The Morgan fingerprint density at radius 3 is 2.34 bits per heavy atom.